The van der Waals surface area contributed by atoms with Gasteiger partial charge < -0.3 is 14.5 Å². The fourth-order valence-electron chi connectivity index (χ4n) is 5.27. The predicted molar refractivity (Wildman–Crippen MR) is 151 cm³/mol. The van der Waals surface area contributed by atoms with Gasteiger partial charge >= 0.3 is 0 Å². The average Bonchev–Trinajstić information content (AvgIpc) is 2.88. The highest BCUT2D eigenvalue weighted by atomic mass is 16.5. The van der Waals surface area contributed by atoms with Crippen LogP contribution in [0.1, 0.15) is 77.4 Å². The second-order valence-corrected chi connectivity index (χ2v) is 11.3. The molecule has 2 aromatic rings. The van der Waals surface area contributed by atoms with Crippen molar-refractivity contribution in [2.24, 2.45) is 0 Å². The smallest absolute Gasteiger partial charge is 0.227 e. The quantitative estimate of drug-likeness (QED) is 0.422. The lowest BCUT2D eigenvalue weighted by atomic mass is 9.95. The van der Waals surface area contributed by atoms with E-state index in [1.165, 1.54) is 5.56 Å². The summed E-state index contributed by atoms with van der Waals surface area (Å²) in [6.07, 6.45) is 5.53. The molecule has 1 amide bonds. The summed E-state index contributed by atoms with van der Waals surface area (Å²) in [6, 6.07) is 8.28. The highest BCUT2D eigenvalue weighted by Crippen LogP contribution is 2.35. The first-order chi connectivity index (χ1) is 17.8. The molecule has 2 aliphatic heterocycles. The van der Waals surface area contributed by atoms with Gasteiger partial charge in [0.25, 0.3) is 0 Å². The zero-order chi connectivity index (χ0) is 26.4. The molecule has 1 fully saturated rings. The van der Waals surface area contributed by atoms with Gasteiger partial charge in [0, 0.05) is 61.9 Å². The van der Waals surface area contributed by atoms with Crippen LogP contribution in [-0.2, 0) is 23.1 Å². The molecule has 0 saturated carbocycles. The number of anilines is 2. The minimum Gasteiger partial charge on any atom is -0.494 e. The van der Waals surface area contributed by atoms with E-state index < -0.39 is 0 Å². The van der Waals surface area contributed by atoms with Crippen molar-refractivity contribution in [3.8, 4) is 5.75 Å². The number of amides is 1. The van der Waals surface area contributed by atoms with Crippen molar-refractivity contribution in [2.75, 3.05) is 55.7 Å². The largest absolute Gasteiger partial charge is 0.494 e. The standard InChI is InChI=1S/C30H45N5O2/c1-6-11-23-22-27(32-29(31-23)30(3,4)5)34-20-18-33(19-21-34)16-8-9-17-35-25-12-10-13-26(37-7-2)24(25)14-15-28(35)36/h10,12-13,22H,6-9,11,14-21H2,1-5H3. The fourth-order valence-corrected chi connectivity index (χ4v) is 5.27. The molecule has 0 unspecified atom stereocenters. The average molecular weight is 508 g/mol. The van der Waals surface area contributed by atoms with Crippen molar-refractivity contribution in [1.29, 1.82) is 0 Å². The highest BCUT2D eigenvalue weighted by Gasteiger charge is 2.27. The van der Waals surface area contributed by atoms with Gasteiger partial charge in [0.2, 0.25) is 5.91 Å². The van der Waals surface area contributed by atoms with Crippen molar-refractivity contribution >= 4 is 17.4 Å². The number of carbonyl (C=O) groups is 1. The van der Waals surface area contributed by atoms with Crippen molar-refractivity contribution in [3.63, 3.8) is 0 Å². The number of unbranched alkanes of at least 4 members (excludes halogenated alkanes) is 1. The van der Waals surface area contributed by atoms with E-state index in [9.17, 15) is 4.79 Å². The van der Waals surface area contributed by atoms with Crippen LogP contribution in [0.25, 0.3) is 0 Å². The molecular weight excluding hydrogens is 462 g/mol. The van der Waals surface area contributed by atoms with Crippen molar-refractivity contribution in [2.45, 2.75) is 78.6 Å². The molecule has 37 heavy (non-hydrogen) atoms. The van der Waals surface area contributed by atoms with Gasteiger partial charge in [-0.3, -0.25) is 9.69 Å². The van der Waals surface area contributed by atoms with Crippen LogP contribution < -0.4 is 14.5 Å². The van der Waals surface area contributed by atoms with Crippen LogP contribution in [0.3, 0.4) is 0 Å². The van der Waals surface area contributed by atoms with Crippen LogP contribution in [0.2, 0.25) is 0 Å². The van der Waals surface area contributed by atoms with Crippen LogP contribution in [0, 0.1) is 0 Å². The number of benzene rings is 1. The number of rotatable bonds is 10. The Morgan fingerprint density at radius 2 is 1.73 bits per heavy atom. The van der Waals surface area contributed by atoms with E-state index in [4.69, 9.17) is 14.7 Å². The van der Waals surface area contributed by atoms with Crippen LogP contribution in [0.5, 0.6) is 5.75 Å². The molecule has 1 aromatic heterocycles. The summed E-state index contributed by atoms with van der Waals surface area (Å²) in [5, 5.41) is 0. The molecule has 0 atom stereocenters. The third-order valence-electron chi connectivity index (χ3n) is 7.33. The molecule has 3 heterocycles. The Hall–Kier alpha value is -2.67. The van der Waals surface area contributed by atoms with E-state index in [1.54, 1.807) is 0 Å². The second-order valence-electron chi connectivity index (χ2n) is 11.3. The lowest BCUT2D eigenvalue weighted by Gasteiger charge is -2.36. The molecule has 7 heteroatoms. The molecule has 7 nitrogen and oxygen atoms in total. The van der Waals surface area contributed by atoms with Crippen molar-refractivity contribution in [1.82, 2.24) is 14.9 Å². The Bertz CT molecular complexity index is 1060. The van der Waals surface area contributed by atoms with Crippen molar-refractivity contribution in [3.05, 3.63) is 41.3 Å². The molecule has 4 rings (SSSR count). The molecule has 1 saturated heterocycles. The summed E-state index contributed by atoms with van der Waals surface area (Å²) in [4.78, 5) is 29.5. The van der Waals surface area contributed by atoms with E-state index in [0.29, 0.717) is 13.0 Å². The Kier molecular flexibility index (Phi) is 9.06. The SMILES string of the molecule is CCCc1cc(N2CCN(CCCCN3C(=O)CCc4c(OCC)cccc43)CC2)nc(C(C)(C)C)n1. The molecule has 202 valence electrons. The Morgan fingerprint density at radius 1 is 0.973 bits per heavy atom. The van der Waals surface area contributed by atoms with E-state index >= 15 is 0 Å². The number of piperazine rings is 1. The van der Waals surface area contributed by atoms with Gasteiger partial charge in [-0.1, -0.05) is 40.2 Å². The van der Waals surface area contributed by atoms with Gasteiger partial charge in [-0.05, 0) is 51.3 Å². The summed E-state index contributed by atoms with van der Waals surface area (Å²) in [5.41, 5.74) is 3.32. The van der Waals surface area contributed by atoms with Gasteiger partial charge in [-0.25, -0.2) is 9.97 Å². The lowest BCUT2D eigenvalue weighted by Crippen LogP contribution is -2.47. The van der Waals surface area contributed by atoms with Crippen LogP contribution in [0.4, 0.5) is 11.5 Å². The number of nitrogens with zero attached hydrogens (tertiary/aromatic N) is 5. The third-order valence-corrected chi connectivity index (χ3v) is 7.33. The van der Waals surface area contributed by atoms with Gasteiger partial charge in [-0.15, -0.1) is 0 Å². The monoisotopic (exact) mass is 507 g/mol. The van der Waals surface area contributed by atoms with Gasteiger partial charge in [0.05, 0.1) is 12.3 Å². The molecule has 0 aliphatic carbocycles. The number of hydrogen-bond donors (Lipinski definition) is 0. The molecular formula is C30H45N5O2. The number of aryl methyl sites for hydroxylation is 1. The second kappa shape index (κ2) is 12.2. The number of carbonyl (C=O) groups excluding carboxylic acids is 1. The highest BCUT2D eigenvalue weighted by molar-refractivity contribution is 5.96. The summed E-state index contributed by atoms with van der Waals surface area (Å²) in [7, 11) is 0. The minimum absolute atomic E-state index is 0.0544. The summed E-state index contributed by atoms with van der Waals surface area (Å²) in [5.74, 6) is 3.18. The molecule has 0 radical (unpaired) electrons. The number of fused-ring (bicyclic) bond motifs is 1. The van der Waals surface area contributed by atoms with Gasteiger partial charge in [0.1, 0.15) is 17.4 Å². The Balaban J connectivity index is 1.28. The molecule has 0 spiro atoms. The maximum atomic E-state index is 12.7. The maximum Gasteiger partial charge on any atom is 0.227 e. The van der Waals surface area contributed by atoms with Crippen LogP contribution in [0.15, 0.2) is 24.3 Å². The van der Waals surface area contributed by atoms with Crippen molar-refractivity contribution < 1.29 is 9.53 Å². The van der Waals surface area contributed by atoms with E-state index in [-0.39, 0.29) is 11.3 Å². The number of ether oxygens (including phenoxy) is 1. The zero-order valence-electron chi connectivity index (χ0n) is 23.6. The predicted octanol–water partition coefficient (Wildman–Crippen LogP) is 5.01. The Morgan fingerprint density at radius 3 is 2.43 bits per heavy atom. The summed E-state index contributed by atoms with van der Waals surface area (Å²) >= 11 is 0. The first kappa shape index (κ1) is 27.4. The first-order valence-electron chi connectivity index (χ1n) is 14.2. The molecule has 0 bridgehead atoms. The van der Waals surface area contributed by atoms with Crippen LogP contribution >= 0.6 is 0 Å². The fraction of sp³-hybridized carbons (Fsp3) is 0.633. The van der Waals surface area contributed by atoms with E-state index in [2.05, 4.69) is 49.6 Å². The lowest BCUT2D eigenvalue weighted by molar-refractivity contribution is -0.118. The first-order valence-corrected chi connectivity index (χ1v) is 14.2. The summed E-state index contributed by atoms with van der Waals surface area (Å²) < 4.78 is 5.82. The number of hydrogen-bond acceptors (Lipinski definition) is 6. The van der Waals surface area contributed by atoms with Gasteiger partial charge in [-0.2, -0.15) is 0 Å². The van der Waals surface area contributed by atoms with E-state index in [1.807, 2.05) is 24.0 Å². The zero-order valence-corrected chi connectivity index (χ0v) is 23.6. The molecule has 0 N–H and O–H groups in total. The molecule has 2 aliphatic rings. The molecule has 1 aromatic carbocycles. The summed E-state index contributed by atoms with van der Waals surface area (Å²) in [6.45, 7) is 17.3. The maximum absolute atomic E-state index is 12.7. The Labute approximate surface area is 223 Å². The van der Waals surface area contributed by atoms with E-state index in [0.717, 1.165) is 100 Å². The van der Waals surface area contributed by atoms with Gasteiger partial charge in [0.15, 0.2) is 0 Å². The topological polar surface area (TPSA) is 61.8 Å². The minimum atomic E-state index is -0.0544. The number of aromatic nitrogens is 2. The normalized spacial score (nSPS) is 16.7. The van der Waals surface area contributed by atoms with Crippen LogP contribution in [-0.4, -0.2) is 66.7 Å². The third kappa shape index (κ3) is 6.81.